The lowest BCUT2D eigenvalue weighted by Gasteiger charge is -2.33. The van der Waals surface area contributed by atoms with E-state index >= 15 is 0 Å². The van der Waals surface area contributed by atoms with E-state index in [1.165, 1.54) is 24.0 Å². The van der Waals surface area contributed by atoms with Gasteiger partial charge >= 0.3 is 5.97 Å². The van der Waals surface area contributed by atoms with Crippen molar-refractivity contribution in [3.63, 3.8) is 0 Å². The predicted molar refractivity (Wildman–Crippen MR) is 65.5 cm³/mol. The lowest BCUT2D eigenvalue weighted by molar-refractivity contribution is -0.151. The molecule has 1 aliphatic rings. The van der Waals surface area contributed by atoms with E-state index < -0.39 is 17.9 Å². The minimum atomic E-state index is -0.932. The summed E-state index contributed by atoms with van der Waals surface area (Å²) in [6.45, 7) is 3.33. The van der Waals surface area contributed by atoms with Gasteiger partial charge in [-0.15, -0.1) is 0 Å². The smallest absolute Gasteiger partial charge is 0.349 e. The molecule has 1 aromatic rings. The van der Waals surface area contributed by atoms with E-state index in [0.29, 0.717) is 5.69 Å². The molecule has 1 amide bonds. The number of hydrogen-bond donors (Lipinski definition) is 0. The van der Waals surface area contributed by atoms with Crippen molar-refractivity contribution in [2.24, 2.45) is 0 Å². The molecule has 1 heterocycles. The fourth-order valence-corrected chi connectivity index (χ4v) is 1.92. The summed E-state index contributed by atoms with van der Waals surface area (Å²) < 4.78 is 23.5. The summed E-state index contributed by atoms with van der Waals surface area (Å²) in [5.74, 6) is -1.14. The summed E-state index contributed by atoms with van der Waals surface area (Å²) in [7, 11) is 0. The Balaban J connectivity index is 2.33. The van der Waals surface area contributed by atoms with Crippen molar-refractivity contribution in [3.05, 3.63) is 24.0 Å². The van der Waals surface area contributed by atoms with Gasteiger partial charge in [0.2, 0.25) is 12.0 Å². The van der Waals surface area contributed by atoms with Crippen molar-refractivity contribution >= 4 is 17.6 Å². The molecular weight excluding hydrogens is 253 g/mol. The molecule has 0 aromatic heterocycles. The molecular formula is C13H14FNO4. The Morgan fingerprint density at radius 3 is 2.89 bits per heavy atom. The first kappa shape index (κ1) is 13.3. The first-order valence-electron chi connectivity index (χ1n) is 5.94. The van der Waals surface area contributed by atoms with Crippen molar-refractivity contribution in [1.82, 2.24) is 0 Å². The van der Waals surface area contributed by atoms with Crippen LogP contribution >= 0.6 is 0 Å². The summed E-state index contributed by atoms with van der Waals surface area (Å²) in [6, 6.07) is 3.84. The molecule has 0 saturated heterocycles. The summed E-state index contributed by atoms with van der Waals surface area (Å²) in [6.07, 6.45) is -0.932. The zero-order valence-corrected chi connectivity index (χ0v) is 10.7. The van der Waals surface area contributed by atoms with Crippen LogP contribution in [-0.4, -0.2) is 31.1 Å². The minimum absolute atomic E-state index is 0.0623. The van der Waals surface area contributed by atoms with Crippen LogP contribution in [0.25, 0.3) is 0 Å². The van der Waals surface area contributed by atoms with Crippen molar-refractivity contribution in [1.29, 1.82) is 0 Å². The molecule has 0 radical (unpaired) electrons. The summed E-state index contributed by atoms with van der Waals surface area (Å²) in [4.78, 5) is 24.7. The fraction of sp³-hybridized carbons (Fsp3) is 0.385. The van der Waals surface area contributed by atoms with Crippen molar-refractivity contribution < 1.29 is 23.5 Å². The van der Waals surface area contributed by atoms with Gasteiger partial charge in [-0.1, -0.05) is 0 Å². The largest absolute Gasteiger partial charge is 0.475 e. The first-order chi connectivity index (χ1) is 9.02. The third kappa shape index (κ3) is 2.67. The standard InChI is InChI=1S/C13H14FNO4/c1-3-18-13(17)12-7-15(8(2)16)10-5-4-9(14)6-11(10)19-12/h4-6,12H,3,7H2,1-2H3. The Hall–Kier alpha value is -2.11. The number of benzene rings is 1. The minimum Gasteiger partial charge on any atom is -0.475 e. The van der Waals surface area contributed by atoms with Gasteiger partial charge in [0.1, 0.15) is 11.6 Å². The van der Waals surface area contributed by atoms with Crippen LogP contribution in [0, 0.1) is 5.82 Å². The lowest BCUT2D eigenvalue weighted by atomic mass is 10.2. The molecule has 0 bridgehead atoms. The Morgan fingerprint density at radius 2 is 2.26 bits per heavy atom. The van der Waals surface area contributed by atoms with Crippen molar-refractivity contribution in [2.75, 3.05) is 18.1 Å². The second-order valence-corrected chi connectivity index (χ2v) is 4.10. The number of halogens is 1. The molecule has 0 N–H and O–H groups in total. The molecule has 102 valence electrons. The maximum Gasteiger partial charge on any atom is 0.349 e. The van der Waals surface area contributed by atoms with Crippen LogP contribution in [0.5, 0.6) is 5.75 Å². The Bertz CT molecular complexity index is 517. The maximum atomic E-state index is 13.2. The van der Waals surface area contributed by atoms with E-state index in [1.54, 1.807) is 6.92 Å². The van der Waals surface area contributed by atoms with Gasteiger partial charge in [0.25, 0.3) is 0 Å². The Morgan fingerprint density at radius 1 is 1.53 bits per heavy atom. The SMILES string of the molecule is CCOC(=O)C1CN(C(C)=O)c2ccc(F)cc2O1. The topological polar surface area (TPSA) is 55.8 Å². The molecule has 1 atom stereocenters. The quantitative estimate of drug-likeness (QED) is 0.762. The third-order valence-corrected chi connectivity index (χ3v) is 2.76. The molecule has 1 unspecified atom stereocenters. The number of carbonyl (C=O) groups excluding carboxylic acids is 2. The number of esters is 1. The number of ether oxygens (including phenoxy) is 2. The Kier molecular flexibility index (Phi) is 3.69. The average Bonchev–Trinajstić information content (AvgIpc) is 2.37. The number of rotatable bonds is 2. The van der Waals surface area contributed by atoms with Gasteiger partial charge in [0, 0.05) is 13.0 Å². The van der Waals surface area contributed by atoms with Crippen molar-refractivity contribution in [2.45, 2.75) is 20.0 Å². The highest BCUT2D eigenvalue weighted by Crippen LogP contribution is 2.34. The van der Waals surface area contributed by atoms with Crippen LogP contribution in [0.2, 0.25) is 0 Å². The van der Waals surface area contributed by atoms with Crippen LogP contribution in [0.3, 0.4) is 0 Å². The molecule has 0 saturated carbocycles. The zero-order chi connectivity index (χ0) is 14.0. The van der Waals surface area contributed by atoms with Crippen LogP contribution in [-0.2, 0) is 14.3 Å². The Labute approximate surface area is 109 Å². The van der Waals surface area contributed by atoms with Gasteiger partial charge in [0.15, 0.2) is 0 Å². The van der Waals surface area contributed by atoms with Gasteiger partial charge in [-0.05, 0) is 19.1 Å². The van der Waals surface area contributed by atoms with Crippen LogP contribution in [0.4, 0.5) is 10.1 Å². The van der Waals surface area contributed by atoms with E-state index in [4.69, 9.17) is 9.47 Å². The van der Waals surface area contributed by atoms with E-state index in [1.807, 2.05) is 0 Å². The zero-order valence-electron chi connectivity index (χ0n) is 10.7. The molecule has 6 heteroatoms. The molecule has 2 rings (SSSR count). The van der Waals surface area contributed by atoms with E-state index in [0.717, 1.165) is 6.07 Å². The summed E-state index contributed by atoms with van der Waals surface area (Å²) >= 11 is 0. The summed E-state index contributed by atoms with van der Waals surface area (Å²) in [5, 5.41) is 0. The highest BCUT2D eigenvalue weighted by atomic mass is 19.1. The van der Waals surface area contributed by atoms with Gasteiger partial charge in [0.05, 0.1) is 18.8 Å². The number of fused-ring (bicyclic) bond motifs is 1. The second-order valence-electron chi connectivity index (χ2n) is 4.10. The highest BCUT2D eigenvalue weighted by Gasteiger charge is 2.33. The maximum absolute atomic E-state index is 13.2. The van der Waals surface area contributed by atoms with Gasteiger partial charge in [-0.2, -0.15) is 0 Å². The molecule has 5 nitrogen and oxygen atoms in total. The van der Waals surface area contributed by atoms with Crippen LogP contribution in [0.1, 0.15) is 13.8 Å². The highest BCUT2D eigenvalue weighted by molar-refractivity contribution is 5.95. The molecule has 1 aliphatic heterocycles. The fourth-order valence-electron chi connectivity index (χ4n) is 1.92. The molecule has 0 spiro atoms. The van der Waals surface area contributed by atoms with E-state index in [2.05, 4.69) is 0 Å². The van der Waals surface area contributed by atoms with Gasteiger partial charge in [-0.25, -0.2) is 9.18 Å². The van der Waals surface area contributed by atoms with Gasteiger partial charge in [-0.3, -0.25) is 4.79 Å². The van der Waals surface area contributed by atoms with Crippen LogP contribution in [0.15, 0.2) is 18.2 Å². The average molecular weight is 267 g/mol. The lowest BCUT2D eigenvalue weighted by Crippen LogP contribution is -2.47. The number of amides is 1. The number of anilines is 1. The van der Waals surface area contributed by atoms with Gasteiger partial charge < -0.3 is 14.4 Å². The number of hydrogen-bond acceptors (Lipinski definition) is 4. The second kappa shape index (κ2) is 5.26. The molecule has 1 aromatic carbocycles. The van der Waals surface area contributed by atoms with Crippen molar-refractivity contribution in [3.8, 4) is 5.75 Å². The monoisotopic (exact) mass is 267 g/mol. The molecule has 0 aliphatic carbocycles. The number of nitrogens with zero attached hydrogens (tertiary/aromatic N) is 1. The molecule has 19 heavy (non-hydrogen) atoms. The first-order valence-corrected chi connectivity index (χ1v) is 5.94. The third-order valence-electron chi connectivity index (χ3n) is 2.76. The van der Waals surface area contributed by atoms with E-state index in [9.17, 15) is 14.0 Å². The van der Waals surface area contributed by atoms with E-state index in [-0.39, 0.29) is 24.8 Å². The number of carbonyl (C=O) groups is 2. The normalized spacial score (nSPS) is 17.4. The summed E-state index contributed by atoms with van der Waals surface area (Å²) in [5.41, 5.74) is 0.453. The van der Waals surface area contributed by atoms with Crippen LogP contribution < -0.4 is 9.64 Å². The molecule has 0 fully saturated rings. The predicted octanol–water partition coefficient (Wildman–Crippen LogP) is 1.50.